The molecule has 17 heavy (non-hydrogen) atoms. The van der Waals surface area contributed by atoms with Crippen LogP contribution in [-0.4, -0.2) is 19.6 Å². The molecule has 0 aliphatic rings. The molecular formula is C15H32N2. The molecule has 1 aromatic carbocycles. The van der Waals surface area contributed by atoms with Crippen LogP contribution in [0.2, 0.25) is 0 Å². The highest BCUT2D eigenvalue weighted by molar-refractivity contribution is 5.22. The third-order valence-corrected chi connectivity index (χ3v) is 2.47. The van der Waals surface area contributed by atoms with Crippen molar-refractivity contribution in [3.8, 4) is 0 Å². The zero-order valence-electron chi connectivity index (χ0n) is 11.6. The predicted molar refractivity (Wildman–Crippen MR) is 81.6 cm³/mol. The average Bonchev–Trinajstić information content (AvgIpc) is 2.39. The molecule has 0 aromatic heterocycles. The van der Waals surface area contributed by atoms with E-state index in [1.165, 1.54) is 17.5 Å². The Kier molecular flexibility index (Phi) is 11.0. The summed E-state index contributed by atoms with van der Waals surface area (Å²) in [5, 5.41) is 3.40. The van der Waals surface area contributed by atoms with Crippen LogP contribution in [0.15, 0.2) is 24.3 Å². The van der Waals surface area contributed by atoms with E-state index in [2.05, 4.69) is 36.5 Å². The molecule has 0 saturated carbocycles. The second-order valence-corrected chi connectivity index (χ2v) is 3.86. The zero-order valence-corrected chi connectivity index (χ0v) is 11.6. The number of hydrogen-bond donors (Lipinski definition) is 2. The van der Waals surface area contributed by atoms with Crippen LogP contribution in [0.25, 0.3) is 0 Å². The van der Waals surface area contributed by atoms with Gasteiger partial charge in [0.05, 0.1) is 0 Å². The Morgan fingerprint density at radius 1 is 1.00 bits per heavy atom. The van der Waals surface area contributed by atoms with E-state index in [9.17, 15) is 0 Å². The maximum Gasteiger partial charge on any atom is 0 e. The molecule has 3 N–H and O–H groups in total. The van der Waals surface area contributed by atoms with Gasteiger partial charge in [0.1, 0.15) is 0 Å². The number of rotatable bonds is 7. The molecule has 2 heteroatoms. The lowest BCUT2D eigenvalue weighted by Crippen LogP contribution is -2.17. The van der Waals surface area contributed by atoms with E-state index < -0.39 is 0 Å². The largest absolute Gasteiger partial charge is 0.330 e. The van der Waals surface area contributed by atoms with Crippen LogP contribution in [0, 0.1) is 0 Å². The minimum absolute atomic E-state index is 0. The Morgan fingerprint density at radius 2 is 1.53 bits per heavy atom. The minimum atomic E-state index is 0. The SMILES string of the molecule is CC.CCCNCCc1ccc(CCN)cc1.[HH].[HH]. The van der Waals surface area contributed by atoms with Crippen molar-refractivity contribution in [2.75, 3.05) is 19.6 Å². The number of nitrogens with two attached hydrogens (primary N) is 1. The van der Waals surface area contributed by atoms with Gasteiger partial charge in [0, 0.05) is 2.85 Å². The first-order valence-electron chi connectivity index (χ1n) is 6.85. The van der Waals surface area contributed by atoms with Gasteiger partial charge in [-0.15, -0.1) is 0 Å². The molecule has 0 saturated heterocycles. The van der Waals surface area contributed by atoms with Gasteiger partial charge in [0.25, 0.3) is 0 Å². The maximum absolute atomic E-state index is 5.50. The molecular weight excluding hydrogens is 208 g/mol. The van der Waals surface area contributed by atoms with E-state index in [0.717, 1.165) is 32.5 Å². The van der Waals surface area contributed by atoms with Crippen LogP contribution in [0.4, 0.5) is 0 Å². The zero-order chi connectivity index (χ0) is 12.9. The molecule has 0 bridgehead atoms. The van der Waals surface area contributed by atoms with Crippen molar-refractivity contribution in [2.24, 2.45) is 5.73 Å². The van der Waals surface area contributed by atoms with Crippen LogP contribution >= 0.6 is 0 Å². The topological polar surface area (TPSA) is 38.0 Å². The van der Waals surface area contributed by atoms with Crippen molar-refractivity contribution in [2.45, 2.75) is 40.0 Å². The molecule has 2 nitrogen and oxygen atoms in total. The van der Waals surface area contributed by atoms with Gasteiger partial charge in [-0.05, 0) is 50.0 Å². The van der Waals surface area contributed by atoms with E-state index in [0.29, 0.717) is 0 Å². The van der Waals surface area contributed by atoms with Crippen molar-refractivity contribution in [3.63, 3.8) is 0 Å². The van der Waals surface area contributed by atoms with Gasteiger partial charge < -0.3 is 11.1 Å². The summed E-state index contributed by atoms with van der Waals surface area (Å²) < 4.78 is 0. The van der Waals surface area contributed by atoms with Crippen LogP contribution in [0.5, 0.6) is 0 Å². The number of hydrogen-bond acceptors (Lipinski definition) is 2. The summed E-state index contributed by atoms with van der Waals surface area (Å²) in [7, 11) is 0. The quantitative estimate of drug-likeness (QED) is 0.718. The van der Waals surface area contributed by atoms with Gasteiger partial charge >= 0.3 is 0 Å². The Labute approximate surface area is 110 Å². The van der Waals surface area contributed by atoms with Gasteiger partial charge in [0.2, 0.25) is 0 Å². The molecule has 0 spiro atoms. The van der Waals surface area contributed by atoms with Crippen molar-refractivity contribution >= 4 is 0 Å². The lowest BCUT2D eigenvalue weighted by atomic mass is 10.1. The molecule has 0 unspecified atom stereocenters. The second kappa shape index (κ2) is 11.6. The van der Waals surface area contributed by atoms with Crippen molar-refractivity contribution in [3.05, 3.63) is 35.4 Å². The summed E-state index contributed by atoms with van der Waals surface area (Å²) in [4.78, 5) is 0. The maximum atomic E-state index is 5.50. The molecule has 0 atom stereocenters. The molecule has 0 amide bonds. The predicted octanol–water partition coefficient (Wildman–Crippen LogP) is 3.25. The Bertz CT molecular complexity index is 263. The first-order valence-corrected chi connectivity index (χ1v) is 6.85. The molecule has 1 rings (SSSR count). The Morgan fingerprint density at radius 3 is 2.00 bits per heavy atom. The van der Waals surface area contributed by atoms with E-state index in [4.69, 9.17) is 5.73 Å². The summed E-state index contributed by atoms with van der Waals surface area (Å²) in [6.07, 6.45) is 3.30. The monoisotopic (exact) mass is 240 g/mol. The first kappa shape index (κ1) is 16.1. The molecule has 0 aliphatic heterocycles. The standard InChI is InChI=1S/C13H22N2.C2H6.2H2/c1-2-10-15-11-8-13-5-3-12(4-6-13)7-9-14;1-2;;/h3-6,15H,2,7-11,14H2,1H3;1-2H3;2*1H. The van der Waals surface area contributed by atoms with Gasteiger partial charge in [-0.2, -0.15) is 0 Å². The average molecular weight is 240 g/mol. The van der Waals surface area contributed by atoms with Crippen LogP contribution in [0.3, 0.4) is 0 Å². The normalized spacial score (nSPS) is 9.65. The second-order valence-electron chi connectivity index (χ2n) is 3.86. The molecule has 0 heterocycles. The molecule has 1 aromatic rings. The fourth-order valence-electron chi connectivity index (χ4n) is 1.57. The number of benzene rings is 1. The lowest BCUT2D eigenvalue weighted by Gasteiger charge is -2.04. The third-order valence-electron chi connectivity index (χ3n) is 2.47. The van der Waals surface area contributed by atoms with Crippen molar-refractivity contribution in [1.82, 2.24) is 5.32 Å². The van der Waals surface area contributed by atoms with Crippen molar-refractivity contribution < 1.29 is 2.85 Å². The summed E-state index contributed by atoms with van der Waals surface area (Å²) >= 11 is 0. The summed E-state index contributed by atoms with van der Waals surface area (Å²) in [5.74, 6) is 0. The van der Waals surface area contributed by atoms with E-state index >= 15 is 0 Å². The fraction of sp³-hybridized carbons (Fsp3) is 0.600. The first-order chi connectivity index (χ1) is 8.36. The van der Waals surface area contributed by atoms with E-state index in [-0.39, 0.29) is 2.85 Å². The van der Waals surface area contributed by atoms with Crippen LogP contribution < -0.4 is 11.1 Å². The minimum Gasteiger partial charge on any atom is -0.330 e. The molecule has 0 aliphatic carbocycles. The van der Waals surface area contributed by atoms with Crippen LogP contribution in [-0.2, 0) is 12.8 Å². The van der Waals surface area contributed by atoms with Gasteiger partial charge in [-0.3, -0.25) is 0 Å². The highest BCUT2D eigenvalue weighted by atomic mass is 14.8. The highest BCUT2D eigenvalue weighted by Crippen LogP contribution is 2.05. The summed E-state index contributed by atoms with van der Waals surface area (Å²) in [6.45, 7) is 9.11. The molecule has 0 fully saturated rings. The Balaban J connectivity index is -0.000000609. The van der Waals surface area contributed by atoms with Crippen LogP contribution in [0.1, 0.15) is 41.2 Å². The smallest absolute Gasteiger partial charge is 0 e. The summed E-state index contributed by atoms with van der Waals surface area (Å²) in [5.41, 5.74) is 8.24. The van der Waals surface area contributed by atoms with Gasteiger partial charge in [0.15, 0.2) is 0 Å². The molecule has 102 valence electrons. The van der Waals surface area contributed by atoms with E-state index in [1.807, 2.05) is 13.8 Å². The van der Waals surface area contributed by atoms with Gasteiger partial charge in [-0.25, -0.2) is 0 Å². The van der Waals surface area contributed by atoms with Crippen molar-refractivity contribution in [1.29, 1.82) is 0 Å². The Hall–Kier alpha value is -0.860. The summed E-state index contributed by atoms with van der Waals surface area (Å²) in [6, 6.07) is 8.78. The fourth-order valence-corrected chi connectivity index (χ4v) is 1.57. The van der Waals surface area contributed by atoms with E-state index in [1.54, 1.807) is 0 Å². The third kappa shape index (κ3) is 7.94. The lowest BCUT2D eigenvalue weighted by molar-refractivity contribution is 0.671. The number of nitrogens with one attached hydrogen (secondary N) is 1. The highest BCUT2D eigenvalue weighted by Gasteiger charge is 1.94. The molecule has 0 radical (unpaired) electrons. The van der Waals surface area contributed by atoms with Gasteiger partial charge in [-0.1, -0.05) is 45.0 Å².